The molecule has 3 rings (SSSR count). The summed E-state index contributed by atoms with van der Waals surface area (Å²) in [4.78, 5) is 12.3. The number of nitrogens with zero attached hydrogens (tertiary/aromatic N) is 1. The first kappa shape index (κ1) is 11.9. The summed E-state index contributed by atoms with van der Waals surface area (Å²) in [7, 11) is 0. The van der Waals surface area contributed by atoms with Crippen LogP contribution in [-0.2, 0) is 4.74 Å². The van der Waals surface area contributed by atoms with E-state index >= 15 is 0 Å². The Hall–Kier alpha value is -1.17. The number of rotatable bonds is 3. The Bertz CT molecular complexity index is 617. The van der Waals surface area contributed by atoms with Crippen LogP contribution in [0.3, 0.4) is 0 Å². The maximum atomic E-state index is 12.3. The molecule has 96 valence electrons. The SMILES string of the molecule is CCOC1CC(N)C1n1sc2ccccc2c1=O. The average Bonchev–Trinajstić information content (AvgIpc) is 2.67. The molecule has 0 aliphatic heterocycles. The quantitative estimate of drug-likeness (QED) is 0.918. The number of ether oxygens (including phenoxy) is 1. The van der Waals surface area contributed by atoms with Gasteiger partial charge in [-0.25, -0.2) is 0 Å². The average molecular weight is 264 g/mol. The molecule has 3 unspecified atom stereocenters. The van der Waals surface area contributed by atoms with Gasteiger partial charge in [0.1, 0.15) is 0 Å². The van der Waals surface area contributed by atoms with Crippen molar-refractivity contribution in [2.75, 3.05) is 6.61 Å². The summed E-state index contributed by atoms with van der Waals surface area (Å²) in [6.45, 7) is 2.63. The molecule has 5 heteroatoms. The fourth-order valence-corrected chi connectivity index (χ4v) is 3.72. The van der Waals surface area contributed by atoms with Crippen LogP contribution < -0.4 is 11.3 Å². The predicted octanol–water partition coefficient (Wildman–Crippen LogP) is 1.74. The lowest BCUT2D eigenvalue weighted by Crippen LogP contribution is -2.54. The summed E-state index contributed by atoms with van der Waals surface area (Å²) in [5.41, 5.74) is 6.09. The highest BCUT2D eigenvalue weighted by Crippen LogP contribution is 2.35. The maximum Gasteiger partial charge on any atom is 0.268 e. The van der Waals surface area contributed by atoms with Gasteiger partial charge >= 0.3 is 0 Å². The maximum absolute atomic E-state index is 12.3. The van der Waals surface area contributed by atoms with E-state index < -0.39 is 0 Å². The lowest BCUT2D eigenvalue weighted by atomic mass is 9.84. The van der Waals surface area contributed by atoms with Gasteiger partial charge in [0.25, 0.3) is 5.56 Å². The summed E-state index contributed by atoms with van der Waals surface area (Å²) in [6.07, 6.45) is 0.912. The van der Waals surface area contributed by atoms with Gasteiger partial charge in [0.05, 0.1) is 22.2 Å². The van der Waals surface area contributed by atoms with E-state index in [1.807, 2.05) is 31.2 Å². The highest BCUT2D eigenvalue weighted by Gasteiger charge is 2.42. The number of fused-ring (bicyclic) bond motifs is 1. The van der Waals surface area contributed by atoms with E-state index in [0.29, 0.717) is 6.61 Å². The van der Waals surface area contributed by atoms with Crippen LogP contribution in [-0.4, -0.2) is 22.7 Å². The van der Waals surface area contributed by atoms with Crippen molar-refractivity contribution in [1.82, 2.24) is 3.96 Å². The molecule has 0 saturated heterocycles. The molecule has 1 heterocycles. The molecule has 0 amide bonds. The van der Waals surface area contributed by atoms with E-state index in [0.717, 1.165) is 16.5 Å². The van der Waals surface area contributed by atoms with Gasteiger partial charge in [-0.05, 0) is 25.5 Å². The zero-order valence-corrected chi connectivity index (χ0v) is 11.0. The van der Waals surface area contributed by atoms with E-state index in [-0.39, 0.29) is 23.7 Å². The molecular weight excluding hydrogens is 248 g/mol. The van der Waals surface area contributed by atoms with Crippen LogP contribution in [0.15, 0.2) is 29.1 Å². The van der Waals surface area contributed by atoms with Gasteiger partial charge in [0.15, 0.2) is 0 Å². The molecule has 2 aromatic rings. The molecule has 18 heavy (non-hydrogen) atoms. The van der Waals surface area contributed by atoms with E-state index in [1.165, 1.54) is 11.5 Å². The van der Waals surface area contributed by atoms with E-state index in [9.17, 15) is 4.79 Å². The molecule has 0 radical (unpaired) electrons. The molecule has 1 fully saturated rings. The minimum absolute atomic E-state index is 0.00477. The smallest absolute Gasteiger partial charge is 0.268 e. The Morgan fingerprint density at radius 3 is 2.94 bits per heavy atom. The van der Waals surface area contributed by atoms with Crippen molar-refractivity contribution in [3.05, 3.63) is 34.6 Å². The number of hydrogen-bond donors (Lipinski definition) is 1. The third-order valence-electron chi connectivity index (χ3n) is 3.49. The number of hydrogen-bond acceptors (Lipinski definition) is 4. The molecule has 1 aromatic heterocycles. The van der Waals surface area contributed by atoms with Crippen LogP contribution >= 0.6 is 11.5 Å². The first-order chi connectivity index (χ1) is 8.72. The highest BCUT2D eigenvalue weighted by molar-refractivity contribution is 7.13. The summed E-state index contributed by atoms with van der Waals surface area (Å²) >= 11 is 1.49. The van der Waals surface area contributed by atoms with Crippen molar-refractivity contribution >= 4 is 21.6 Å². The minimum Gasteiger partial charge on any atom is -0.376 e. The minimum atomic E-state index is -0.00477. The van der Waals surface area contributed by atoms with Crippen molar-refractivity contribution in [3.63, 3.8) is 0 Å². The fraction of sp³-hybridized carbons (Fsp3) is 0.462. The molecule has 0 bridgehead atoms. The molecule has 0 spiro atoms. The van der Waals surface area contributed by atoms with Crippen molar-refractivity contribution in [3.8, 4) is 0 Å². The summed E-state index contributed by atoms with van der Waals surface area (Å²) < 4.78 is 8.43. The Labute approximate surface area is 109 Å². The summed E-state index contributed by atoms with van der Waals surface area (Å²) in [5, 5.41) is 0.775. The predicted molar refractivity (Wildman–Crippen MR) is 73.1 cm³/mol. The third-order valence-corrected chi connectivity index (χ3v) is 4.65. The van der Waals surface area contributed by atoms with Crippen LogP contribution in [0.25, 0.3) is 10.1 Å². The molecule has 1 aliphatic carbocycles. The zero-order chi connectivity index (χ0) is 12.7. The number of aromatic nitrogens is 1. The van der Waals surface area contributed by atoms with Gasteiger partial charge in [-0.15, -0.1) is 0 Å². The molecule has 2 N–H and O–H groups in total. The first-order valence-electron chi connectivity index (χ1n) is 6.20. The van der Waals surface area contributed by atoms with E-state index in [2.05, 4.69) is 0 Å². The molecule has 1 aromatic carbocycles. The first-order valence-corrected chi connectivity index (χ1v) is 6.97. The number of nitrogens with two attached hydrogens (primary N) is 1. The van der Waals surface area contributed by atoms with Crippen LogP contribution in [0.2, 0.25) is 0 Å². The molecule has 3 atom stereocenters. The van der Waals surface area contributed by atoms with Crippen molar-refractivity contribution in [1.29, 1.82) is 0 Å². The summed E-state index contributed by atoms with van der Waals surface area (Å²) in [5.74, 6) is 0. The van der Waals surface area contributed by atoms with Gasteiger partial charge in [-0.1, -0.05) is 23.7 Å². The van der Waals surface area contributed by atoms with E-state index in [4.69, 9.17) is 10.5 Å². The topological polar surface area (TPSA) is 57.2 Å². The molecule has 4 nitrogen and oxygen atoms in total. The fourth-order valence-electron chi connectivity index (χ4n) is 2.52. The van der Waals surface area contributed by atoms with Crippen LogP contribution in [0.5, 0.6) is 0 Å². The Morgan fingerprint density at radius 2 is 2.28 bits per heavy atom. The summed E-state index contributed by atoms with van der Waals surface area (Å²) in [6, 6.07) is 7.69. The van der Waals surface area contributed by atoms with Gasteiger partial charge in [-0.2, -0.15) is 0 Å². The van der Waals surface area contributed by atoms with Gasteiger partial charge in [-0.3, -0.25) is 8.75 Å². The third kappa shape index (κ3) is 1.70. The zero-order valence-electron chi connectivity index (χ0n) is 10.2. The monoisotopic (exact) mass is 264 g/mol. The van der Waals surface area contributed by atoms with E-state index in [1.54, 1.807) is 3.96 Å². The second-order valence-corrected chi connectivity index (χ2v) is 5.62. The van der Waals surface area contributed by atoms with Crippen LogP contribution in [0, 0.1) is 0 Å². The van der Waals surface area contributed by atoms with Gasteiger partial charge in [0, 0.05) is 12.6 Å². The highest BCUT2D eigenvalue weighted by atomic mass is 32.1. The Kier molecular flexibility index (Phi) is 2.97. The van der Waals surface area contributed by atoms with Crippen LogP contribution in [0.4, 0.5) is 0 Å². The van der Waals surface area contributed by atoms with Crippen molar-refractivity contribution in [2.24, 2.45) is 5.73 Å². The Balaban J connectivity index is 2.03. The van der Waals surface area contributed by atoms with Gasteiger partial charge < -0.3 is 10.5 Å². The normalized spacial score (nSPS) is 27.3. The van der Waals surface area contributed by atoms with Gasteiger partial charge in [0.2, 0.25) is 0 Å². The van der Waals surface area contributed by atoms with Crippen molar-refractivity contribution in [2.45, 2.75) is 31.5 Å². The molecule has 1 saturated carbocycles. The van der Waals surface area contributed by atoms with Crippen LogP contribution in [0.1, 0.15) is 19.4 Å². The second-order valence-electron chi connectivity index (χ2n) is 4.60. The van der Waals surface area contributed by atoms with Crippen molar-refractivity contribution < 1.29 is 4.74 Å². The lowest BCUT2D eigenvalue weighted by Gasteiger charge is -2.41. The largest absolute Gasteiger partial charge is 0.376 e. The lowest BCUT2D eigenvalue weighted by molar-refractivity contribution is -0.0442. The Morgan fingerprint density at radius 1 is 1.50 bits per heavy atom. The standard InChI is InChI=1S/C13H16N2O2S/c1-2-17-10-7-9(14)12(10)15-13(16)8-5-3-4-6-11(8)18-15/h3-6,9-10,12H,2,7,14H2,1H3. The number of benzene rings is 1. The second kappa shape index (κ2) is 4.50. The molecule has 1 aliphatic rings. The molecular formula is C13H16N2O2S.